The summed E-state index contributed by atoms with van der Waals surface area (Å²) < 4.78 is 1.00. The molecule has 0 spiro atoms. The van der Waals surface area contributed by atoms with Crippen LogP contribution in [-0.2, 0) is 4.79 Å². The molecule has 1 aromatic heterocycles. The molecule has 4 rings (SSSR count). The molecule has 3 unspecified atom stereocenters. The van der Waals surface area contributed by atoms with Gasteiger partial charge < -0.3 is 15.5 Å². The second-order valence-electron chi connectivity index (χ2n) is 8.32. The number of aliphatic carboxylic acids is 1. The van der Waals surface area contributed by atoms with Crippen molar-refractivity contribution in [3.8, 4) is 5.75 Å². The van der Waals surface area contributed by atoms with Crippen molar-refractivity contribution in [1.29, 1.82) is 0 Å². The average Bonchev–Trinajstić information content (AvgIpc) is 3.39. The van der Waals surface area contributed by atoms with Crippen LogP contribution >= 0.6 is 11.3 Å². The standard InChI is InChI=1S/C23H27NO4S/c25-16-9-10-20-18(12-16)19(13-29-20)23(28)24-22-15-8-7-14(11-15)17(22)5-3-1-2-4-6-21(26)27/h1,3,9-10,12-15,17,22,25H,2,4-8,11H2,(H,24,28)(H,26,27)/t14-,15?,17?,22?/m1/s1. The number of thiophene rings is 1. The zero-order valence-electron chi connectivity index (χ0n) is 16.3. The number of phenolic OH excluding ortho intramolecular Hbond substituents is 1. The summed E-state index contributed by atoms with van der Waals surface area (Å²) in [6.45, 7) is 0. The van der Waals surface area contributed by atoms with Crippen LogP contribution in [0.5, 0.6) is 5.75 Å². The largest absolute Gasteiger partial charge is 0.508 e. The van der Waals surface area contributed by atoms with Crippen LogP contribution < -0.4 is 5.32 Å². The number of aromatic hydroxyl groups is 1. The number of carboxylic acids is 1. The first-order valence-electron chi connectivity index (χ1n) is 10.4. The molecule has 2 aliphatic carbocycles. The molecule has 2 fully saturated rings. The summed E-state index contributed by atoms with van der Waals surface area (Å²) in [6, 6.07) is 5.35. The smallest absolute Gasteiger partial charge is 0.303 e. The maximum atomic E-state index is 13.0. The molecule has 6 heteroatoms. The Hall–Kier alpha value is -2.34. The van der Waals surface area contributed by atoms with E-state index in [0.717, 1.165) is 22.9 Å². The SMILES string of the molecule is O=C(O)CCCC=CCC1C(NC(=O)c2csc3ccc(O)cc23)C2CC[C@@H]1C2. The number of benzene rings is 1. The molecule has 2 aliphatic rings. The molecule has 4 atom stereocenters. The summed E-state index contributed by atoms with van der Waals surface area (Å²) in [5.41, 5.74) is 0.645. The van der Waals surface area contributed by atoms with Gasteiger partial charge in [0.15, 0.2) is 0 Å². The van der Waals surface area contributed by atoms with Crippen molar-refractivity contribution in [2.75, 3.05) is 0 Å². The van der Waals surface area contributed by atoms with Crippen LogP contribution in [0.4, 0.5) is 0 Å². The summed E-state index contributed by atoms with van der Waals surface area (Å²) in [5.74, 6) is 1.05. The van der Waals surface area contributed by atoms with Gasteiger partial charge in [-0.2, -0.15) is 0 Å². The van der Waals surface area contributed by atoms with Gasteiger partial charge in [-0.1, -0.05) is 12.2 Å². The van der Waals surface area contributed by atoms with Crippen molar-refractivity contribution in [2.24, 2.45) is 17.8 Å². The van der Waals surface area contributed by atoms with E-state index in [-0.39, 0.29) is 24.1 Å². The summed E-state index contributed by atoms with van der Waals surface area (Å²) in [6.07, 6.45) is 10.5. The number of carbonyl (C=O) groups is 2. The number of allylic oxidation sites excluding steroid dienone is 2. The van der Waals surface area contributed by atoms with E-state index in [2.05, 4.69) is 17.5 Å². The lowest BCUT2D eigenvalue weighted by Gasteiger charge is -2.31. The Morgan fingerprint density at radius 3 is 2.86 bits per heavy atom. The Morgan fingerprint density at radius 1 is 1.21 bits per heavy atom. The van der Waals surface area contributed by atoms with Crippen molar-refractivity contribution in [2.45, 2.75) is 51.0 Å². The summed E-state index contributed by atoms with van der Waals surface area (Å²) in [7, 11) is 0. The zero-order chi connectivity index (χ0) is 20.4. The van der Waals surface area contributed by atoms with Gasteiger partial charge in [0, 0.05) is 27.9 Å². The third-order valence-corrected chi connectivity index (χ3v) is 7.49. The average molecular weight is 414 g/mol. The van der Waals surface area contributed by atoms with E-state index in [1.54, 1.807) is 12.1 Å². The molecule has 154 valence electrons. The van der Waals surface area contributed by atoms with E-state index in [9.17, 15) is 14.7 Å². The molecule has 1 heterocycles. The number of carboxylic acid groups (broad SMARTS) is 1. The van der Waals surface area contributed by atoms with E-state index in [1.807, 2.05) is 11.4 Å². The molecule has 2 bridgehead atoms. The Kier molecular flexibility index (Phi) is 5.90. The van der Waals surface area contributed by atoms with Crippen LogP contribution in [0.3, 0.4) is 0 Å². The van der Waals surface area contributed by atoms with Gasteiger partial charge in [0.2, 0.25) is 0 Å². The highest BCUT2D eigenvalue weighted by atomic mass is 32.1. The molecule has 2 saturated carbocycles. The fourth-order valence-corrected chi connectivity index (χ4v) is 6.06. The van der Waals surface area contributed by atoms with Crippen molar-refractivity contribution in [3.63, 3.8) is 0 Å². The van der Waals surface area contributed by atoms with Crippen LogP contribution in [0.25, 0.3) is 10.1 Å². The zero-order valence-corrected chi connectivity index (χ0v) is 17.2. The second-order valence-corrected chi connectivity index (χ2v) is 9.23. The lowest BCUT2D eigenvalue weighted by atomic mass is 9.82. The normalized spacial score (nSPS) is 25.8. The predicted octanol–water partition coefficient (Wildman–Crippen LogP) is 4.95. The van der Waals surface area contributed by atoms with E-state index in [0.29, 0.717) is 29.7 Å². The minimum absolute atomic E-state index is 0.0464. The molecule has 1 amide bonds. The Labute approximate surface area is 174 Å². The van der Waals surface area contributed by atoms with Gasteiger partial charge in [0.05, 0.1) is 5.56 Å². The highest BCUT2D eigenvalue weighted by Crippen LogP contribution is 2.50. The van der Waals surface area contributed by atoms with Crippen LogP contribution in [0.2, 0.25) is 0 Å². The lowest BCUT2D eigenvalue weighted by Crippen LogP contribution is -2.43. The lowest BCUT2D eigenvalue weighted by molar-refractivity contribution is -0.137. The van der Waals surface area contributed by atoms with Crippen molar-refractivity contribution in [3.05, 3.63) is 41.3 Å². The van der Waals surface area contributed by atoms with Crippen molar-refractivity contribution in [1.82, 2.24) is 5.32 Å². The molecule has 29 heavy (non-hydrogen) atoms. The fourth-order valence-electron chi connectivity index (χ4n) is 5.14. The molecule has 3 N–H and O–H groups in total. The first kappa shape index (κ1) is 20.0. The third-order valence-electron chi connectivity index (χ3n) is 6.52. The van der Waals surface area contributed by atoms with Crippen molar-refractivity contribution < 1.29 is 19.8 Å². The van der Waals surface area contributed by atoms with Crippen LogP contribution in [-0.4, -0.2) is 28.1 Å². The van der Waals surface area contributed by atoms with E-state index in [4.69, 9.17) is 5.11 Å². The second kappa shape index (κ2) is 8.57. The predicted molar refractivity (Wildman–Crippen MR) is 114 cm³/mol. The highest BCUT2D eigenvalue weighted by Gasteiger charge is 2.47. The molecular formula is C23H27NO4S. The maximum absolute atomic E-state index is 13.0. The van der Waals surface area contributed by atoms with E-state index >= 15 is 0 Å². The summed E-state index contributed by atoms with van der Waals surface area (Å²) in [5, 5.41) is 24.5. The number of nitrogens with one attached hydrogen (secondary N) is 1. The minimum Gasteiger partial charge on any atom is -0.508 e. The maximum Gasteiger partial charge on any atom is 0.303 e. The van der Waals surface area contributed by atoms with Crippen LogP contribution in [0.1, 0.15) is 55.3 Å². The number of carbonyl (C=O) groups excluding carboxylic acids is 1. The Balaban J connectivity index is 1.41. The van der Waals surface area contributed by atoms with Crippen LogP contribution in [0, 0.1) is 17.8 Å². The topological polar surface area (TPSA) is 86.6 Å². The summed E-state index contributed by atoms with van der Waals surface area (Å²) >= 11 is 1.52. The van der Waals surface area contributed by atoms with Gasteiger partial charge >= 0.3 is 5.97 Å². The minimum atomic E-state index is -0.747. The number of hydrogen-bond acceptors (Lipinski definition) is 4. The first-order valence-corrected chi connectivity index (χ1v) is 11.3. The van der Waals surface area contributed by atoms with Crippen molar-refractivity contribution >= 4 is 33.3 Å². The molecule has 0 aliphatic heterocycles. The van der Waals surface area contributed by atoms with E-state index in [1.165, 1.54) is 30.6 Å². The highest BCUT2D eigenvalue weighted by molar-refractivity contribution is 7.17. The number of rotatable bonds is 8. The first-order chi connectivity index (χ1) is 14.0. The number of phenols is 1. The van der Waals surface area contributed by atoms with Gasteiger partial charge in [0.1, 0.15) is 5.75 Å². The summed E-state index contributed by atoms with van der Waals surface area (Å²) in [4.78, 5) is 23.6. The van der Waals surface area contributed by atoms with Gasteiger partial charge in [0.25, 0.3) is 5.91 Å². The molecule has 0 radical (unpaired) electrons. The van der Waals surface area contributed by atoms with Crippen LogP contribution in [0.15, 0.2) is 35.7 Å². The number of fused-ring (bicyclic) bond motifs is 3. The Morgan fingerprint density at radius 2 is 2.03 bits per heavy atom. The molecule has 5 nitrogen and oxygen atoms in total. The molecular weight excluding hydrogens is 386 g/mol. The Bertz CT molecular complexity index is 934. The number of unbranched alkanes of at least 4 members (excludes halogenated alkanes) is 1. The number of hydrogen-bond donors (Lipinski definition) is 3. The third kappa shape index (κ3) is 4.32. The van der Waals surface area contributed by atoms with E-state index < -0.39 is 5.97 Å². The quantitative estimate of drug-likeness (QED) is 0.422. The number of amides is 1. The molecule has 0 saturated heterocycles. The van der Waals surface area contributed by atoms with Gasteiger partial charge in [-0.3, -0.25) is 9.59 Å². The molecule has 2 aromatic rings. The monoisotopic (exact) mass is 413 g/mol. The van der Waals surface area contributed by atoms with Gasteiger partial charge in [-0.05, 0) is 74.5 Å². The molecule has 1 aromatic carbocycles. The fraction of sp³-hybridized carbons (Fsp3) is 0.478. The van der Waals surface area contributed by atoms with Gasteiger partial charge in [-0.15, -0.1) is 11.3 Å². The van der Waals surface area contributed by atoms with Gasteiger partial charge in [-0.25, -0.2) is 0 Å².